The van der Waals surface area contributed by atoms with Crippen LogP contribution in [0.2, 0.25) is 0 Å². The van der Waals surface area contributed by atoms with Crippen LogP contribution in [-0.4, -0.2) is 175 Å². The largest absolute Gasteiger partial charge is 0.396 e. The summed E-state index contributed by atoms with van der Waals surface area (Å²) in [5.74, 6) is 0. The van der Waals surface area contributed by atoms with E-state index in [-0.39, 0.29) is 133 Å². The van der Waals surface area contributed by atoms with Crippen LogP contribution >= 0.6 is 0 Å². The van der Waals surface area contributed by atoms with Gasteiger partial charge in [0.25, 0.3) is 0 Å². The monoisotopic (exact) mass is 1460 g/mol. The van der Waals surface area contributed by atoms with Gasteiger partial charge in [-0.3, -0.25) is 0 Å². The number of nitrogens with zero attached hydrogens (tertiary/aromatic N) is 6. The van der Waals surface area contributed by atoms with E-state index in [2.05, 4.69) is 0 Å². The van der Waals surface area contributed by atoms with E-state index >= 15 is 33.7 Å². The summed E-state index contributed by atoms with van der Waals surface area (Å²) >= 11 is 0. The molecule has 26 heteroatoms. The Bertz CT molecular complexity index is 4040. The molecule has 2 N–H and O–H groups in total. The zero-order chi connectivity index (χ0) is 70.8. The lowest BCUT2D eigenvalue weighted by Gasteiger charge is -2.45. The van der Waals surface area contributed by atoms with Crippen molar-refractivity contribution in [2.45, 2.75) is 210 Å². The Labute approximate surface area is 584 Å². The third-order valence-corrected chi connectivity index (χ3v) is 31.3. The molecule has 0 bridgehead atoms. The van der Waals surface area contributed by atoms with E-state index in [1.807, 2.05) is 41.5 Å². The molecule has 9 rings (SSSR count). The molecule has 0 heterocycles. The highest BCUT2D eigenvalue weighted by molar-refractivity contribution is 7.90. The van der Waals surface area contributed by atoms with Crippen LogP contribution < -0.4 is 0 Å². The molecule has 98 heavy (non-hydrogen) atoms. The average Bonchev–Trinajstić information content (AvgIpc) is 0.771. The predicted molar refractivity (Wildman–Crippen MR) is 381 cm³/mol. The van der Waals surface area contributed by atoms with Gasteiger partial charge in [-0.2, -0.15) is 25.8 Å². The fraction of sp³-hybridized carbons (Fsp3) is 0.500. The van der Waals surface area contributed by atoms with Crippen molar-refractivity contribution in [3.8, 4) is 0 Å². The molecule has 6 aromatic carbocycles. The second kappa shape index (κ2) is 33.2. The highest BCUT2D eigenvalue weighted by Crippen LogP contribution is 2.40. The first-order valence-corrected chi connectivity index (χ1v) is 42.9. The maximum atomic E-state index is 15.9. The van der Waals surface area contributed by atoms with Gasteiger partial charge in [-0.05, 0) is 179 Å². The van der Waals surface area contributed by atoms with Gasteiger partial charge < -0.3 is 10.2 Å². The van der Waals surface area contributed by atoms with Gasteiger partial charge >= 0.3 is 0 Å². The summed E-state index contributed by atoms with van der Waals surface area (Å²) in [5, 5.41) is 20.4. The topological polar surface area (TPSA) is 265 Å². The Balaban J connectivity index is 1.13. The molecule has 20 nitrogen and oxygen atoms in total. The van der Waals surface area contributed by atoms with E-state index in [1.54, 1.807) is 72.8 Å². The minimum atomic E-state index is -4.58. The van der Waals surface area contributed by atoms with Crippen LogP contribution in [0.4, 0.5) is 0 Å². The fourth-order valence-corrected chi connectivity index (χ4v) is 24.7. The molecule has 0 aromatic heterocycles. The van der Waals surface area contributed by atoms with Gasteiger partial charge in [0.15, 0.2) is 0 Å². The molecule has 3 aliphatic carbocycles. The number of benzene rings is 6. The molecule has 3 aliphatic rings. The van der Waals surface area contributed by atoms with Gasteiger partial charge in [-0.15, -0.1) is 0 Å². The maximum Gasteiger partial charge on any atom is 0.243 e. The van der Waals surface area contributed by atoms with E-state index in [0.29, 0.717) is 51.4 Å². The van der Waals surface area contributed by atoms with Crippen LogP contribution in [0.15, 0.2) is 175 Å². The Morgan fingerprint density at radius 2 is 0.378 bits per heavy atom. The van der Waals surface area contributed by atoms with Gasteiger partial charge in [0.1, 0.15) is 0 Å². The maximum absolute atomic E-state index is 15.9. The number of aliphatic hydroxyl groups excluding tert-OH is 2. The summed E-state index contributed by atoms with van der Waals surface area (Å²) in [5.41, 5.74) is 4.83. The van der Waals surface area contributed by atoms with E-state index in [9.17, 15) is 27.0 Å². The Morgan fingerprint density at radius 1 is 0.245 bits per heavy atom. The highest BCUT2D eigenvalue weighted by Gasteiger charge is 2.48. The van der Waals surface area contributed by atoms with Crippen molar-refractivity contribution in [3.05, 3.63) is 179 Å². The number of rotatable bonds is 32. The normalized spacial score (nSPS) is 20.3. The molecule has 0 saturated heterocycles. The summed E-state index contributed by atoms with van der Waals surface area (Å²) in [6.07, 6.45) is 4.59. The van der Waals surface area contributed by atoms with E-state index in [4.69, 9.17) is 0 Å². The van der Waals surface area contributed by atoms with Crippen molar-refractivity contribution in [1.82, 2.24) is 25.8 Å². The van der Waals surface area contributed by atoms with Gasteiger partial charge in [-0.1, -0.05) is 145 Å². The van der Waals surface area contributed by atoms with E-state index in [1.165, 1.54) is 98.6 Å². The quantitative estimate of drug-likeness (QED) is 0.0398. The van der Waals surface area contributed by atoms with E-state index < -0.39 is 96.4 Å². The number of sulfonamides is 6. The third-order valence-electron chi connectivity index (χ3n) is 19.7. The minimum absolute atomic E-state index is 0.0158. The van der Waals surface area contributed by atoms with Gasteiger partial charge in [-0.25, -0.2) is 50.5 Å². The van der Waals surface area contributed by atoms with Crippen LogP contribution in [0.3, 0.4) is 0 Å². The van der Waals surface area contributed by atoms with Crippen molar-refractivity contribution < 1.29 is 60.7 Å². The second-order valence-electron chi connectivity index (χ2n) is 26.7. The third kappa shape index (κ3) is 17.6. The molecule has 0 radical (unpaired) electrons. The lowest BCUT2D eigenvalue weighted by molar-refractivity contribution is 0.120. The van der Waals surface area contributed by atoms with Crippen LogP contribution in [0.25, 0.3) is 0 Å². The molecule has 0 amide bonds. The molecular formula is C72H98N6O14S6. The molecule has 6 atom stereocenters. The van der Waals surface area contributed by atoms with E-state index in [0.717, 1.165) is 33.4 Å². The van der Waals surface area contributed by atoms with Crippen LogP contribution in [-0.2, 0) is 60.1 Å². The van der Waals surface area contributed by atoms with Crippen LogP contribution in [0.1, 0.15) is 136 Å². The van der Waals surface area contributed by atoms with Crippen molar-refractivity contribution in [3.63, 3.8) is 0 Å². The lowest BCUT2D eigenvalue weighted by atomic mass is 9.89. The first-order valence-electron chi connectivity index (χ1n) is 34.3. The molecule has 0 spiro atoms. The zero-order valence-electron chi connectivity index (χ0n) is 57.2. The molecule has 6 aromatic rings. The Hall–Kier alpha value is -5.30. The van der Waals surface area contributed by atoms with Crippen molar-refractivity contribution >= 4 is 60.1 Å². The smallest absolute Gasteiger partial charge is 0.243 e. The Kier molecular flexibility index (Phi) is 26.1. The molecule has 0 unspecified atom stereocenters. The molecular weight excluding hydrogens is 1370 g/mol. The summed E-state index contributed by atoms with van der Waals surface area (Å²) in [6, 6.07) is 32.3. The molecule has 536 valence electrons. The molecule has 0 aliphatic heterocycles. The predicted octanol–water partition coefficient (Wildman–Crippen LogP) is 10.5. The summed E-state index contributed by atoms with van der Waals surface area (Å²) in [4.78, 5) is -0.202. The van der Waals surface area contributed by atoms with Gasteiger partial charge in [0.05, 0.1) is 29.4 Å². The lowest BCUT2D eigenvalue weighted by Crippen LogP contribution is -2.58. The molecule has 3 saturated carbocycles. The summed E-state index contributed by atoms with van der Waals surface area (Å²) < 4.78 is 193. The van der Waals surface area contributed by atoms with Crippen molar-refractivity contribution in [2.24, 2.45) is 0 Å². The molecule has 3 fully saturated rings. The first-order chi connectivity index (χ1) is 46.5. The standard InChI is InChI=1S/C72H98N6O14S6/c1-55-23-35-61(36-24-55)93(81,82)73(47-13-49-75(95(85,86)63-39-27-57(3)28-40-63)69-19-9-11-21-71(69)77(51-15-53-79)97(89,90)65-43-31-59(5)32-44-65)67-17-7-8-18-68(67)74(94(83,84)62-37-25-56(2)26-38-62)48-14-50-76(96(87,88)64-41-29-58(4)30-42-64)70-20-10-12-22-72(70)78(52-16-54-80)98(91,92)66-45-33-60(6)34-46-66/h23-46,67-72,79-80H,7-22,47-54H2,1-6H3/t67-,68-,69-,70-,71-,72-/m1/s1. The first kappa shape index (κ1) is 76.9. The summed E-state index contributed by atoms with van der Waals surface area (Å²) in [6.45, 7) is 8.91. The second-order valence-corrected chi connectivity index (χ2v) is 38.0. The highest BCUT2D eigenvalue weighted by atomic mass is 32.2. The van der Waals surface area contributed by atoms with Gasteiger partial charge in [0.2, 0.25) is 60.1 Å². The number of aryl methyl sites for hydroxylation is 6. The zero-order valence-corrected chi connectivity index (χ0v) is 62.1. The van der Waals surface area contributed by atoms with Crippen molar-refractivity contribution in [1.29, 1.82) is 0 Å². The van der Waals surface area contributed by atoms with Crippen molar-refractivity contribution in [2.75, 3.05) is 52.5 Å². The SMILES string of the molecule is Cc1ccc(S(=O)(=O)N(CCCO)[C@@H]2CCCC[C@H]2N(CCCN([C@@H]2CCCC[C@H]2N(CCCN([C@@H]2CCCC[C@H]2N(CCCO)S(=O)(=O)c2ccc(C)cc2)S(=O)(=O)c2ccc(C)cc2)S(=O)(=O)c2ccc(C)cc2)S(=O)(=O)c2ccc(C)cc2)S(=O)(=O)c2ccc(C)cc2)cc1. The van der Waals surface area contributed by atoms with Gasteiger partial charge in [0, 0.05) is 88.7 Å². The Morgan fingerprint density at radius 3 is 0.510 bits per heavy atom. The number of aliphatic hydroxyl groups is 2. The fourth-order valence-electron chi connectivity index (χ4n) is 14.4. The van der Waals surface area contributed by atoms with Crippen LogP contribution in [0.5, 0.6) is 0 Å². The minimum Gasteiger partial charge on any atom is -0.396 e. The summed E-state index contributed by atoms with van der Waals surface area (Å²) in [7, 11) is -26.7. The number of hydrogen-bond acceptors (Lipinski definition) is 14. The number of hydrogen-bond donors (Lipinski definition) is 2. The van der Waals surface area contributed by atoms with Crippen LogP contribution in [0, 0.1) is 41.5 Å². The average molecular weight is 1460 g/mol.